The molecule has 1 aliphatic carbocycles. The zero-order valence-corrected chi connectivity index (χ0v) is 8.24. The van der Waals surface area contributed by atoms with Gasteiger partial charge in [0.25, 0.3) is 0 Å². The summed E-state index contributed by atoms with van der Waals surface area (Å²) in [5, 5.41) is 0.811. The second kappa shape index (κ2) is 4.22. The molecular weight excluding hydrogens is 168 g/mol. The highest BCUT2D eigenvalue weighted by Gasteiger charge is 2.22. The van der Waals surface area contributed by atoms with E-state index in [4.69, 9.17) is 4.74 Å². The van der Waals surface area contributed by atoms with Crippen LogP contribution in [0.15, 0.2) is 11.8 Å². The lowest BCUT2D eigenvalue weighted by Gasteiger charge is -2.12. The molecule has 0 bridgehead atoms. The lowest BCUT2D eigenvalue weighted by molar-refractivity contribution is 0.254. The van der Waals surface area contributed by atoms with E-state index in [2.05, 4.69) is 0 Å². The molecule has 1 unspecified atom stereocenters. The first-order valence-electron chi connectivity index (χ1n) is 4.86. The van der Waals surface area contributed by atoms with Gasteiger partial charge >= 0.3 is 0 Å². The molecule has 1 heterocycles. The van der Waals surface area contributed by atoms with Crippen molar-refractivity contribution in [1.29, 1.82) is 0 Å². The molecule has 1 atom stereocenters. The van der Waals surface area contributed by atoms with Gasteiger partial charge in [-0.1, -0.05) is 6.42 Å². The van der Waals surface area contributed by atoms with E-state index in [-0.39, 0.29) is 0 Å². The third-order valence-corrected chi connectivity index (χ3v) is 3.37. The molecule has 12 heavy (non-hydrogen) atoms. The zero-order valence-electron chi connectivity index (χ0n) is 7.42. The third-order valence-electron chi connectivity index (χ3n) is 2.43. The average molecular weight is 184 g/mol. The molecule has 1 saturated carbocycles. The van der Waals surface area contributed by atoms with Crippen molar-refractivity contribution in [2.24, 2.45) is 0 Å². The topological polar surface area (TPSA) is 9.23 Å². The number of hydrogen-bond acceptors (Lipinski definition) is 2. The van der Waals surface area contributed by atoms with Gasteiger partial charge in [0.15, 0.2) is 0 Å². The van der Waals surface area contributed by atoms with Crippen LogP contribution in [0.25, 0.3) is 0 Å². The molecule has 2 heteroatoms. The highest BCUT2D eigenvalue weighted by molar-refractivity contribution is 8.06. The SMILES string of the molecule is C(OCC1CS1)=C1CCCCC1. The van der Waals surface area contributed by atoms with Gasteiger partial charge in [0.2, 0.25) is 0 Å². The van der Waals surface area contributed by atoms with Gasteiger partial charge in [0, 0.05) is 11.0 Å². The van der Waals surface area contributed by atoms with Crippen LogP contribution in [0.2, 0.25) is 0 Å². The van der Waals surface area contributed by atoms with Crippen LogP contribution in [-0.4, -0.2) is 17.6 Å². The average Bonchev–Trinajstić information content (AvgIpc) is 2.90. The van der Waals surface area contributed by atoms with E-state index < -0.39 is 0 Å². The second-order valence-corrected chi connectivity index (χ2v) is 4.96. The molecule has 0 aromatic carbocycles. The summed E-state index contributed by atoms with van der Waals surface area (Å²) in [4.78, 5) is 0. The molecular formula is C10H16OS. The van der Waals surface area contributed by atoms with E-state index in [0.717, 1.165) is 11.9 Å². The van der Waals surface area contributed by atoms with Crippen LogP contribution < -0.4 is 0 Å². The first-order valence-corrected chi connectivity index (χ1v) is 5.91. The fourth-order valence-electron chi connectivity index (χ4n) is 1.56. The second-order valence-electron chi connectivity index (χ2n) is 3.63. The molecule has 0 aromatic heterocycles. The summed E-state index contributed by atoms with van der Waals surface area (Å²) in [5.41, 5.74) is 1.53. The van der Waals surface area contributed by atoms with Crippen LogP contribution >= 0.6 is 11.8 Å². The Hall–Kier alpha value is -0.110. The van der Waals surface area contributed by atoms with E-state index >= 15 is 0 Å². The summed E-state index contributed by atoms with van der Waals surface area (Å²) in [5.74, 6) is 1.31. The molecule has 2 aliphatic rings. The van der Waals surface area contributed by atoms with Crippen molar-refractivity contribution < 1.29 is 4.74 Å². The van der Waals surface area contributed by atoms with Crippen LogP contribution in [0.4, 0.5) is 0 Å². The maximum Gasteiger partial charge on any atom is 0.0999 e. The molecule has 0 radical (unpaired) electrons. The standard InChI is InChI=1S/C10H16OS/c1-2-4-9(5-3-1)6-11-7-10-8-12-10/h6,10H,1-5,7-8H2. The number of hydrogen-bond donors (Lipinski definition) is 0. The molecule has 1 saturated heterocycles. The Kier molecular flexibility index (Phi) is 2.98. The first-order chi connectivity index (χ1) is 5.95. The van der Waals surface area contributed by atoms with Crippen LogP contribution in [0.3, 0.4) is 0 Å². The van der Waals surface area contributed by atoms with E-state index in [1.165, 1.54) is 43.4 Å². The maximum atomic E-state index is 5.51. The number of rotatable bonds is 3. The van der Waals surface area contributed by atoms with Gasteiger partial charge < -0.3 is 4.74 Å². The number of allylic oxidation sites excluding steroid dienone is 1. The quantitative estimate of drug-likeness (QED) is 0.492. The van der Waals surface area contributed by atoms with Gasteiger partial charge in [0.1, 0.15) is 0 Å². The Morgan fingerprint density at radius 3 is 2.75 bits per heavy atom. The van der Waals surface area contributed by atoms with E-state index in [1.807, 2.05) is 18.0 Å². The van der Waals surface area contributed by atoms with Crippen LogP contribution in [0, 0.1) is 0 Å². The molecule has 1 aliphatic heterocycles. The third kappa shape index (κ3) is 2.74. The summed E-state index contributed by atoms with van der Waals surface area (Å²) < 4.78 is 5.51. The smallest absolute Gasteiger partial charge is 0.0999 e. The molecule has 0 spiro atoms. The fraction of sp³-hybridized carbons (Fsp3) is 0.800. The highest BCUT2D eigenvalue weighted by Crippen LogP contribution is 2.30. The molecule has 68 valence electrons. The number of thioether (sulfide) groups is 1. The van der Waals surface area contributed by atoms with E-state index in [9.17, 15) is 0 Å². The summed E-state index contributed by atoms with van der Waals surface area (Å²) in [6.07, 6.45) is 8.73. The molecule has 0 aromatic rings. The van der Waals surface area contributed by atoms with Crippen molar-refractivity contribution in [1.82, 2.24) is 0 Å². The Morgan fingerprint density at radius 1 is 1.33 bits per heavy atom. The molecule has 2 fully saturated rings. The van der Waals surface area contributed by atoms with Crippen molar-refractivity contribution >= 4 is 11.8 Å². The van der Waals surface area contributed by atoms with Crippen molar-refractivity contribution in [3.05, 3.63) is 11.8 Å². The van der Waals surface area contributed by atoms with Gasteiger partial charge in [-0.2, -0.15) is 11.8 Å². The normalized spacial score (nSPS) is 28.3. The van der Waals surface area contributed by atoms with Crippen molar-refractivity contribution in [2.75, 3.05) is 12.4 Å². The van der Waals surface area contributed by atoms with Crippen LogP contribution in [-0.2, 0) is 4.74 Å². The van der Waals surface area contributed by atoms with Gasteiger partial charge in [-0.25, -0.2) is 0 Å². The number of ether oxygens (including phenoxy) is 1. The Bertz CT molecular complexity index is 165. The van der Waals surface area contributed by atoms with Crippen molar-refractivity contribution in [2.45, 2.75) is 37.4 Å². The monoisotopic (exact) mass is 184 g/mol. The molecule has 0 amide bonds. The summed E-state index contributed by atoms with van der Waals surface area (Å²) in [6, 6.07) is 0. The zero-order chi connectivity index (χ0) is 8.23. The molecule has 2 rings (SSSR count). The van der Waals surface area contributed by atoms with Gasteiger partial charge in [-0.3, -0.25) is 0 Å². The first kappa shape index (κ1) is 8.49. The van der Waals surface area contributed by atoms with Gasteiger partial charge in [-0.05, 0) is 31.3 Å². The Balaban J connectivity index is 1.65. The summed E-state index contributed by atoms with van der Waals surface area (Å²) >= 11 is 2.00. The molecule has 0 N–H and O–H groups in total. The lowest BCUT2D eigenvalue weighted by Crippen LogP contribution is -1.98. The minimum absolute atomic E-state index is 0.811. The fourth-order valence-corrected chi connectivity index (χ4v) is 1.97. The predicted molar refractivity (Wildman–Crippen MR) is 53.4 cm³/mol. The van der Waals surface area contributed by atoms with Crippen LogP contribution in [0.1, 0.15) is 32.1 Å². The lowest BCUT2D eigenvalue weighted by atomic mass is 9.96. The Labute approximate surface area is 78.6 Å². The minimum atomic E-state index is 0.811. The largest absolute Gasteiger partial charge is 0.500 e. The van der Waals surface area contributed by atoms with Crippen LogP contribution in [0.5, 0.6) is 0 Å². The maximum absolute atomic E-state index is 5.51. The van der Waals surface area contributed by atoms with Gasteiger partial charge in [-0.15, -0.1) is 0 Å². The minimum Gasteiger partial charge on any atom is -0.500 e. The van der Waals surface area contributed by atoms with Gasteiger partial charge in [0.05, 0.1) is 12.9 Å². The van der Waals surface area contributed by atoms with Crippen molar-refractivity contribution in [3.63, 3.8) is 0 Å². The summed E-state index contributed by atoms with van der Waals surface area (Å²) in [6.45, 7) is 0.939. The molecule has 1 nitrogen and oxygen atoms in total. The predicted octanol–water partition coefficient (Wildman–Crippen LogP) is 2.97. The summed E-state index contributed by atoms with van der Waals surface area (Å²) in [7, 11) is 0. The highest BCUT2D eigenvalue weighted by atomic mass is 32.2. The Morgan fingerprint density at radius 2 is 2.08 bits per heavy atom. The van der Waals surface area contributed by atoms with E-state index in [0.29, 0.717) is 0 Å². The van der Waals surface area contributed by atoms with Crippen molar-refractivity contribution in [3.8, 4) is 0 Å². The van der Waals surface area contributed by atoms with E-state index in [1.54, 1.807) is 0 Å².